The lowest BCUT2D eigenvalue weighted by Gasteiger charge is -2.24. The van der Waals surface area contributed by atoms with Gasteiger partial charge in [0.15, 0.2) is 69.8 Å². The summed E-state index contributed by atoms with van der Waals surface area (Å²) >= 11 is 0. The number of hydrogen-bond acceptors (Lipinski definition) is 3. The second-order valence-electron chi connectivity index (χ2n) is 8.57. The SMILES string of the molecule is C=Cc1c(OB(O)O)cc(-c2c(F)c(F)c(F)c(F)c2F)c(-c2c(F)c(F)c(F)c(F)c2F)c1-c1c(F)c(F)c(F)c(F)c1F. The first kappa shape index (κ1) is 33.3. The highest BCUT2D eigenvalue weighted by Gasteiger charge is 2.38. The third kappa shape index (κ3) is 4.95. The standard InChI is InChI=1S/C26H6BF15O3/c1-2-4-6(45-27(43)44)3-5(9-12(28)18(34)24(40)19(35)13(9)29)8(11-16(32)22(38)26(42)23(39)17(11)33)7(4)10-14(30)20(36)25(41)21(37)15(10)31/h2-3,43-44H,1H2. The van der Waals surface area contributed by atoms with Crippen LogP contribution in [0.5, 0.6) is 5.75 Å². The van der Waals surface area contributed by atoms with Crippen molar-refractivity contribution < 1.29 is 80.6 Å². The van der Waals surface area contributed by atoms with E-state index in [9.17, 15) is 49.6 Å². The number of halogens is 15. The van der Waals surface area contributed by atoms with Crippen LogP contribution < -0.4 is 4.65 Å². The molecule has 3 nitrogen and oxygen atoms in total. The van der Waals surface area contributed by atoms with Gasteiger partial charge in [0, 0.05) is 22.3 Å². The van der Waals surface area contributed by atoms with Crippen LogP contribution in [0.15, 0.2) is 12.6 Å². The Bertz CT molecular complexity index is 1860. The maximum atomic E-state index is 15.2. The lowest BCUT2D eigenvalue weighted by atomic mass is 9.82. The Labute approximate surface area is 239 Å². The zero-order chi connectivity index (χ0) is 34.0. The molecule has 236 valence electrons. The molecule has 0 aliphatic heterocycles. The highest BCUT2D eigenvalue weighted by Crippen LogP contribution is 2.51. The molecular weight excluding hydrogens is 656 g/mol. The van der Waals surface area contributed by atoms with Crippen molar-refractivity contribution in [3.8, 4) is 39.1 Å². The predicted molar refractivity (Wildman–Crippen MR) is 123 cm³/mol. The minimum Gasteiger partial charge on any atom is -0.511 e. The van der Waals surface area contributed by atoms with E-state index in [0.29, 0.717) is 0 Å². The molecule has 0 fully saturated rings. The summed E-state index contributed by atoms with van der Waals surface area (Å²) in [4.78, 5) is 0. The first-order valence-electron chi connectivity index (χ1n) is 11.3. The second kappa shape index (κ2) is 11.7. The summed E-state index contributed by atoms with van der Waals surface area (Å²) in [6.07, 6.45) is 0.239. The van der Waals surface area contributed by atoms with Crippen molar-refractivity contribution in [1.82, 2.24) is 0 Å². The van der Waals surface area contributed by atoms with Crippen molar-refractivity contribution >= 4 is 13.4 Å². The van der Waals surface area contributed by atoms with Crippen LogP contribution in [0.1, 0.15) is 5.56 Å². The highest BCUT2D eigenvalue weighted by molar-refractivity contribution is 6.34. The van der Waals surface area contributed by atoms with Gasteiger partial charge in [0.05, 0.1) is 16.7 Å². The van der Waals surface area contributed by atoms with E-state index in [1.807, 2.05) is 0 Å². The Morgan fingerprint density at radius 1 is 0.444 bits per heavy atom. The summed E-state index contributed by atoms with van der Waals surface area (Å²) in [5.41, 5.74) is -14.6. The van der Waals surface area contributed by atoms with Crippen molar-refractivity contribution in [2.24, 2.45) is 0 Å². The molecule has 4 rings (SSSR count). The summed E-state index contributed by atoms with van der Waals surface area (Å²) in [5, 5.41) is 18.6. The third-order valence-corrected chi connectivity index (χ3v) is 6.16. The van der Waals surface area contributed by atoms with Crippen LogP contribution in [0.25, 0.3) is 39.5 Å². The molecule has 0 unspecified atom stereocenters. The molecule has 0 aromatic heterocycles. The largest absolute Gasteiger partial charge is 0.707 e. The van der Waals surface area contributed by atoms with Crippen LogP contribution in [0.3, 0.4) is 0 Å². The van der Waals surface area contributed by atoms with E-state index in [4.69, 9.17) is 0 Å². The Morgan fingerprint density at radius 2 is 0.733 bits per heavy atom. The van der Waals surface area contributed by atoms with Gasteiger partial charge in [-0.05, 0) is 6.07 Å². The van der Waals surface area contributed by atoms with Gasteiger partial charge in [-0.1, -0.05) is 12.7 Å². The van der Waals surface area contributed by atoms with Crippen molar-refractivity contribution in [3.63, 3.8) is 0 Å². The van der Waals surface area contributed by atoms with E-state index in [1.54, 1.807) is 0 Å². The Kier molecular flexibility index (Phi) is 8.64. The molecule has 2 N–H and O–H groups in total. The molecule has 0 aliphatic carbocycles. The van der Waals surface area contributed by atoms with Crippen molar-refractivity contribution in [2.75, 3.05) is 0 Å². The smallest absolute Gasteiger partial charge is 0.511 e. The fourth-order valence-electron chi connectivity index (χ4n) is 4.29. The lowest BCUT2D eigenvalue weighted by molar-refractivity contribution is 0.288. The van der Waals surface area contributed by atoms with Gasteiger partial charge in [-0.15, -0.1) is 0 Å². The Morgan fingerprint density at radius 3 is 1.04 bits per heavy atom. The minimum atomic E-state index is -3.09. The van der Waals surface area contributed by atoms with Gasteiger partial charge in [0.2, 0.25) is 17.5 Å². The van der Waals surface area contributed by atoms with Crippen molar-refractivity contribution in [1.29, 1.82) is 0 Å². The third-order valence-electron chi connectivity index (χ3n) is 6.16. The van der Waals surface area contributed by atoms with E-state index < -0.39 is 139 Å². The minimum absolute atomic E-state index is 0.0995. The van der Waals surface area contributed by atoms with Crippen LogP contribution >= 0.6 is 0 Å². The molecule has 19 heteroatoms. The molecule has 0 bridgehead atoms. The number of hydrogen-bond donors (Lipinski definition) is 2. The summed E-state index contributed by atoms with van der Waals surface area (Å²) in [7, 11) is -3.09. The summed E-state index contributed by atoms with van der Waals surface area (Å²) in [6, 6.07) is -0.0995. The Balaban J connectivity index is 2.52. The van der Waals surface area contributed by atoms with Crippen LogP contribution in [0.4, 0.5) is 65.9 Å². The van der Waals surface area contributed by atoms with Gasteiger partial charge in [-0.2, -0.15) is 0 Å². The molecule has 0 heterocycles. The summed E-state index contributed by atoms with van der Waals surface area (Å²) in [5.74, 6) is -44.9. The average molecular weight is 662 g/mol. The topological polar surface area (TPSA) is 49.7 Å². The van der Waals surface area contributed by atoms with Crippen LogP contribution in [0, 0.1) is 87.3 Å². The Hall–Kier alpha value is -4.65. The fraction of sp³-hybridized carbons (Fsp3) is 0. The van der Waals surface area contributed by atoms with Crippen molar-refractivity contribution in [3.05, 3.63) is 105 Å². The van der Waals surface area contributed by atoms with E-state index in [0.717, 1.165) is 0 Å². The molecular formula is C26H6BF15O3. The van der Waals surface area contributed by atoms with Gasteiger partial charge < -0.3 is 14.7 Å². The summed E-state index contributed by atoms with van der Waals surface area (Å²) < 4.78 is 223. The fourth-order valence-corrected chi connectivity index (χ4v) is 4.29. The molecule has 0 aliphatic rings. The second-order valence-corrected chi connectivity index (χ2v) is 8.57. The van der Waals surface area contributed by atoms with Crippen LogP contribution in [0.2, 0.25) is 0 Å². The van der Waals surface area contributed by atoms with Gasteiger partial charge in [0.1, 0.15) is 5.75 Å². The van der Waals surface area contributed by atoms with Crippen LogP contribution in [-0.4, -0.2) is 17.4 Å². The van der Waals surface area contributed by atoms with Gasteiger partial charge in [-0.25, -0.2) is 65.9 Å². The molecule has 0 spiro atoms. The van der Waals surface area contributed by atoms with E-state index in [-0.39, 0.29) is 12.1 Å². The van der Waals surface area contributed by atoms with Crippen LogP contribution in [-0.2, 0) is 0 Å². The van der Waals surface area contributed by atoms with Gasteiger partial charge >= 0.3 is 7.32 Å². The number of benzene rings is 4. The molecule has 0 radical (unpaired) electrons. The zero-order valence-electron chi connectivity index (χ0n) is 20.9. The highest BCUT2D eigenvalue weighted by atomic mass is 19.2. The molecule has 0 saturated heterocycles. The molecule has 0 amide bonds. The van der Waals surface area contributed by atoms with Gasteiger partial charge in [0.25, 0.3) is 0 Å². The van der Waals surface area contributed by atoms with Gasteiger partial charge in [-0.3, -0.25) is 0 Å². The maximum absolute atomic E-state index is 15.2. The molecule has 0 atom stereocenters. The van der Waals surface area contributed by atoms with Crippen molar-refractivity contribution in [2.45, 2.75) is 0 Å². The monoisotopic (exact) mass is 662 g/mol. The maximum Gasteiger partial charge on any atom is 0.707 e. The normalized spacial score (nSPS) is 11.3. The first-order chi connectivity index (χ1) is 20.9. The predicted octanol–water partition coefficient (Wildman–Crippen LogP) is 7.77. The first-order valence-corrected chi connectivity index (χ1v) is 11.3. The molecule has 4 aromatic rings. The van der Waals surface area contributed by atoms with E-state index in [2.05, 4.69) is 11.2 Å². The van der Waals surface area contributed by atoms with E-state index >= 15 is 26.3 Å². The molecule has 4 aromatic carbocycles. The average Bonchev–Trinajstić information content (AvgIpc) is 2.99. The molecule has 0 saturated carbocycles. The quantitative estimate of drug-likeness (QED) is 0.0961. The number of rotatable bonds is 6. The zero-order valence-corrected chi connectivity index (χ0v) is 20.9. The summed E-state index contributed by atoms with van der Waals surface area (Å²) in [6.45, 7) is 3.05. The lowest BCUT2D eigenvalue weighted by Crippen LogP contribution is -2.21. The van der Waals surface area contributed by atoms with E-state index in [1.165, 1.54) is 0 Å². The molecule has 45 heavy (non-hydrogen) atoms.